The average Bonchev–Trinajstić information content (AvgIpc) is 3.06. The molecule has 0 radical (unpaired) electrons. The number of halogens is 1. The van der Waals surface area contributed by atoms with E-state index in [4.69, 9.17) is 16.1 Å². The van der Waals surface area contributed by atoms with Crippen LogP contribution in [0.15, 0.2) is 34.9 Å². The first-order valence-electron chi connectivity index (χ1n) is 7.58. The molecule has 118 valence electrons. The lowest BCUT2D eigenvalue weighted by Crippen LogP contribution is -2.48. The quantitative estimate of drug-likeness (QED) is 0.924. The minimum atomic E-state index is -0.787. The summed E-state index contributed by atoms with van der Waals surface area (Å²) in [6.07, 6.45) is 4.34. The minimum absolute atomic E-state index is 0.167. The number of carbonyl (C=O) groups is 1. The highest BCUT2D eigenvalue weighted by Gasteiger charge is 2.34. The number of benzene rings is 1. The van der Waals surface area contributed by atoms with Crippen molar-refractivity contribution in [2.75, 3.05) is 0 Å². The molecule has 0 spiro atoms. The molecule has 1 aromatic carbocycles. The minimum Gasteiger partial charge on any atom is -0.355 e. The monoisotopic (exact) mass is 329 g/mol. The third-order valence-electron chi connectivity index (χ3n) is 4.13. The van der Waals surface area contributed by atoms with E-state index in [2.05, 4.69) is 16.5 Å². The molecule has 23 heavy (non-hydrogen) atoms. The molecule has 5 nitrogen and oxygen atoms in total. The summed E-state index contributed by atoms with van der Waals surface area (Å²) in [5.74, 6) is 0.0813. The fourth-order valence-electron chi connectivity index (χ4n) is 2.86. The molecule has 2 aromatic rings. The number of nitriles is 1. The van der Waals surface area contributed by atoms with E-state index in [1.165, 1.54) is 0 Å². The smallest absolute Gasteiger partial charge is 0.274 e. The molecule has 0 unspecified atom stereocenters. The largest absolute Gasteiger partial charge is 0.355 e. The molecule has 6 heteroatoms. The predicted octanol–water partition coefficient (Wildman–Crippen LogP) is 3.95. The van der Waals surface area contributed by atoms with Crippen LogP contribution in [-0.4, -0.2) is 16.6 Å². The first-order valence-corrected chi connectivity index (χ1v) is 7.96. The first-order chi connectivity index (χ1) is 11.1. The molecule has 1 N–H and O–H groups in total. The van der Waals surface area contributed by atoms with Crippen LogP contribution < -0.4 is 5.32 Å². The van der Waals surface area contributed by atoms with Crippen molar-refractivity contribution in [1.82, 2.24) is 10.5 Å². The van der Waals surface area contributed by atoms with Crippen molar-refractivity contribution in [3.63, 3.8) is 0 Å². The summed E-state index contributed by atoms with van der Waals surface area (Å²) in [4.78, 5) is 12.4. The van der Waals surface area contributed by atoms with Crippen molar-refractivity contribution in [3.05, 3.63) is 41.0 Å². The number of rotatable bonds is 3. The fraction of sp³-hybridized carbons (Fsp3) is 0.353. The molecule has 0 bridgehead atoms. The van der Waals surface area contributed by atoms with Gasteiger partial charge in [-0.1, -0.05) is 48.2 Å². The van der Waals surface area contributed by atoms with E-state index in [9.17, 15) is 10.1 Å². The van der Waals surface area contributed by atoms with Crippen molar-refractivity contribution < 1.29 is 9.32 Å². The van der Waals surface area contributed by atoms with Gasteiger partial charge in [0.15, 0.2) is 11.5 Å². The maximum absolute atomic E-state index is 12.4. The van der Waals surface area contributed by atoms with Crippen LogP contribution in [0.4, 0.5) is 0 Å². The maximum atomic E-state index is 12.4. The fourth-order valence-corrected chi connectivity index (χ4v) is 3.05. The molecule has 1 saturated carbocycles. The summed E-state index contributed by atoms with van der Waals surface area (Å²) in [5, 5.41) is 16.6. The molecule has 1 amide bonds. The molecular weight excluding hydrogens is 314 g/mol. The average molecular weight is 330 g/mol. The van der Waals surface area contributed by atoms with Gasteiger partial charge in [-0.25, -0.2) is 0 Å². The lowest BCUT2D eigenvalue weighted by Gasteiger charge is -2.31. The molecule has 0 aliphatic heterocycles. The molecule has 1 aliphatic rings. The number of nitrogens with one attached hydrogen (secondary N) is 1. The van der Waals surface area contributed by atoms with Gasteiger partial charge < -0.3 is 9.84 Å². The number of nitrogens with zero attached hydrogens (tertiary/aromatic N) is 2. The Kier molecular flexibility index (Phi) is 4.35. The Bertz CT molecular complexity index is 757. The molecular formula is C17H16ClN3O2. The van der Waals surface area contributed by atoms with Crippen molar-refractivity contribution >= 4 is 17.5 Å². The van der Waals surface area contributed by atoms with Crippen molar-refractivity contribution in [1.29, 1.82) is 5.26 Å². The summed E-state index contributed by atoms with van der Waals surface area (Å²) in [7, 11) is 0. The van der Waals surface area contributed by atoms with Crippen LogP contribution in [0.5, 0.6) is 0 Å². The van der Waals surface area contributed by atoms with Crippen LogP contribution in [0.2, 0.25) is 5.02 Å². The Hall–Kier alpha value is -2.32. The molecule has 1 aromatic heterocycles. The summed E-state index contributed by atoms with van der Waals surface area (Å²) in [6.45, 7) is 0. The number of aromatic nitrogens is 1. The highest BCUT2D eigenvalue weighted by atomic mass is 35.5. The third kappa shape index (κ3) is 3.38. The van der Waals surface area contributed by atoms with Crippen LogP contribution in [0, 0.1) is 11.3 Å². The van der Waals surface area contributed by atoms with Crippen molar-refractivity contribution in [2.45, 2.75) is 37.6 Å². The van der Waals surface area contributed by atoms with Gasteiger partial charge in [-0.3, -0.25) is 4.79 Å². The van der Waals surface area contributed by atoms with E-state index in [1.54, 1.807) is 24.3 Å². The Labute approximate surface area is 139 Å². The number of hydrogen-bond donors (Lipinski definition) is 1. The Balaban J connectivity index is 1.77. The Morgan fingerprint density at radius 2 is 2.09 bits per heavy atom. The summed E-state index contributed by atoms with van der Waals surface area (Å²) in [6, 6.07) is 10.9. The Morgan fingerprint density at radius 1 is 1.30 bits per heavy atom. The summed E-state index contributed by atoms with van der Waals surface area (Å²) >= 11 is 5.95. The number of amides is 1. The lowest BCUT2D eigenvalue weighted by molar-refractivity contribution is 0.0893. The second kappa shape index (κ2) is 6.43. The molecule has 1 heterocycles. The van der Waals surface area contributed by atoms with E-state index < -0.39 is 5.54 Å². The van der Waals surface area contributed by atoms with Gasteiger partial charge in [0.25, 0.3) is 5.91 Å². The number of hydrogen-bond acceptors (Lipinski definition) is 4. The zero-order valence-corrected chi connectivity index (χ0v) is 13.3. The molecule has 0 saturated heterocycles. The summed E-state index contributed by atoms with van der Waals surface area (Å²) < 4.78 is 5.23. The zero-order valence-electron chi connectivity index (χ0n) is 12.5. The SMILES string of the molecule is N#CC1(NC(=O)c2cc(-c3cccc(Cl)c3)on2)CCCCC1. The van der Waals surface area contributed by atoms with Gasteiger partial charge >= 0.3 is 0 Å². The van der Waals surface area contributed by atoms with E-state index in [1.807, 2.05) is 6.07 Å². The highest BCUT2D eigenvalue weighted by Crippen LogP contribution is 2.28. The summed E-state index contributed by atoms with van der Waals surface area (Å²) in [5.41, 5.74) is 0.127. The van der Waals surface area contributed by atoms with Gasteiger partial charge in [-0.15, -0.1) is 0 Å². The second-order valence-electron chi connectivity index (χ2n) is 5.80. The van der Waals surface area contributed by atoms with Gasteiger partial charge in [0, 0.05) is 16.7 Å². The lowest BCUT2D eigenvalue weighted by atomic mass is 9.83. The third-order valence-corrected chi connectivity index (χ3v) is 4.36. The van der Waals surface area contributed by atoms with Crippen LogP contribution in [0.25, 0.3) is 11.3 Å². The second-order valence-corrected chi connectivity index (χ2v) is 6.23. The van der Waals surface area contributed by atoms with Crippen LogP contribution in [0.1, 0.15) is 42.6 Å². The Morgan fingerprint density at radius 3 is 2.78 bits per heavy atom. The topological polar surface area (TPSA) is 78.9 Å². The first kappa shape index (κ1) is 15.6. The molecule has 1 fully saturated rings. The van der Waals surface area contributed by atoms with Crippen molar-refractivity contribution in [2.24, 2.45) is 0 Å². The molecule has 1 aliphatic carbocycles. The normalized spacial score (nSPS) is 16.5. The van der Waals surface area contributed by atoms with E-state index in [0.717, 1.165) is 24.8 Å². The van der Waals surface area contributed by atoms with Crippen LogP contribution >= 0.6 is 11.6 Å². The maximum Gasteiger partial charge on any atom is 0.274 e. The van der Waals surface area contributed by atoms with E-state index in [0.29, 0.717) is 23.6 Å². The standard InChI is InChI=1S/C17H16ClN3O2/c18-13-6-4-5-12(9-13)15-10-14(21-23-15)16(22)20-17(11-19)7-2-1-3-8-17/h4-6,9-10H,1-3,7-8H2,(H,20,22). The van der Waals surface area contributed by atoms with E-state index >= 15 is 0 Å². The van der Waals surface area contributed by atoms with Crippen molar-refractivity contribution in [3.8, 4) is 17.4 Å². The van der Waals surface area contributed by atoms with Gasteiger partial charge in [0.1, 0.15) is 5.54 Å². The van der Waals surface area contributed by atoms with E-state index in [-0.39, 0.29) is 11.6 Å². The predicted molar refractivity (Wildman–Crippen MR) is 85.8 cm³/mol. The van der Waals surface area contributed by atoms with Gasteiger partial charge in [0.05, 0.1) is 6.07 Å². The zero-order chi connectivity index (χ0) is 16.3. The highest BCUT2D eigenvalue weighted by molar-refractivity contribution is 6.30. The van der Waals surface area contributed by atoms with Crippen LogP contribution in [-0.2, 0) is 0 Å². The van der Waals surface area contributed by atoms with Gasteiger partial charge in [-0.2, -0.15) is 5.26 Å². The molecule has 3 rings (SSSR count). The van der Waals surface area contributed by atoms with Gasteiger partial charge in [-0.05, 0) is 25.0 Å². The van der Waals surface area contributed by atoms with Gasteiger partial charge in [0.2, 0.25) is 0 Å². The molecule has 0 atom stereocenters. The van der Waals surface area contributed by atoms with Crippen LogP contribution in [0.3, 0.4) is 0 Å². The number of carbonyl (C=O) groups excluding carboxylic acids is 1.